The van der Waals surface area contributed by atoms with Crippen LogP contribution in [0.4, 0.5) is 0 Å². The zero-order valence-electron chi connectivity index (χ0n) is 12.7. The van der Waals surface area contributed by atoms with Gasteiger partial charge < -0.3 is 9.64 Å². The second kappa shape index (κ2) is 8.52. The molecule has 4 nitrogen and oxygen atoms in total. The monoisotopic (exact) mass is 267 g/mol. The minimum absolute atomic E-state index is 0.331. The van der Waals surface area contributed by atoms with Gasteiger partial charge in [0, 0.05) is 19.7 Å². The van der Waals surface area contributed by atoms with Gasteiger partial charge in [0.05, 0.1) is 12.2 Å². The largest absolute Gasteiger partial charge is 0.377 e. The predicted molar refractivity (Wildman–Crippen MR) is 78.0 cm³/mol. The van der Waals surface area contributed by atoms with Gasteiger partial charge in [-0.15, -0.1) is 0 Å². The van der Waals surface area contributed by atoms with Gasteiger partial charge in [-0.05, 0) is 45.7 Å². The molecule has 1 aliphatic rings. The van der Waals surface area contributed by atoms with Gasteiger partial charge in [-0.1, -0.05) is 13.8 Å². The number of hydrogen-bond acceptors (Lipinski definition) is 4. The van der Waals surface area contributed by atoms with Crippen molar-refractivity contribution in [1.82, 2.24) is 10.2 Å². The van der Waals surface area contributed by atoms with Crippen molar-refractivity contribution in [2.45, 2.75) is 58.1 Å². The van der Waals surface area contributed by atoms with Crippen molar-refractivity contribution in [2.24, 2.45) is 0 Å². The van der Waals surface area contributed by atoms with Gasteiger partial charge >= 0.3 is 0 Å². The van der Waals surface area contributed by atoms with Crippen LogP contribution in [0.1, 0.15) is 46.5 Å². The summed E-state index contributed by atoms with van der Waals surface area (Å²) in [6, 6.07) is 2.47. The van der Waals surface area contributed by atoms with Crippen LogP contribution < -0.4 is 5.32 Å². The Balaban J connectivity index is 2.37. The predicted octanol–water partition coefficient (Wildman–Crippen LogP) is 2.16. The number of nitrogens with zero attached hydrogens (tertiary/aromatic N) is 2. The minimum Gasteiger partial charge on any atom is -0.377 e. The van der Waals surface area contributed by atoms with Crippen molar-refractivity contribution in [1.29, 1.82) is 5.26 Å². The Morgan fingerprint density at radius 2 is 2.26 bits per heavy atom. The maximum absolute atomic E-state index is 9.39. The van der Waals surface area contributed by atoms with E-state index in [0.29, 0.717) is 6.10 Å². The van der Waals surface area contributed by atoms with Crippen LogP contribution in [0.3, 0.4) is 0 Å². The second-order valence-electron chi connectivity index (χ2n) is 5.52. The van der Waals surface area contributed by atoms with Crippen LogP contribution in [-0.2, 0) is 4.74 Å². The molecule has 2 unspecified atom stereocenters. The van der Waals surface area contributed by atoms with Gasteiger partial charge in [0.15, 0.2) is 0 Å². The summed E-state index contributed by atoms with van der Waals surface area (Å²) >= 11 is 0. The summed E-state index contributed by atoms with van der Waals surface area (Å²) < 4.78 is 5.65. The lowest BCUT2D eigenvalue weighted by Gasteiger charge is -2.28. The molecule has 0 aromatic heterocycles. The highest BCUT2D eigenvalue weighted by Gasteiger charge is 2.26. The van der Waals surface area contributed by atoms with Crippen LogP contribution in [0.5, 0.6) is 0 Å². The number of rotatable bonds is 7. The maximum atomic E-state index is 9.39. The molecule has 0 spiro atoms. The van der Waals surface area contributed by atoms with Gasteiger partial charge in [0.1, 0.15) is 5.54 Å². The molecule has 0 saturated carbocycles. The second-order valence-corrected chi connectivity index (χ2v) is 5.52. The topological polar surface area (TPSA) is 48.3 Å². The van der Waals surface area contributed by atoms with E-state index < -0.39 is 0 Å². The number of ether oxygens (including phenoxy) is 1. The first-order valence-electron chi connectivity index (χ1n) is 7.66. The van der Waals surface area contributed by atoms with Gasteiger partial charge in [-0.3, -0.25) is 5.32 Å². The van der Waals surface area contributed by atoms with E-state index >= 15 is 0 Å². The van der Waals surface area contributed by atoms with Gasteiger partial charge in [-0.25, -0.2) is 0 Å². The van der Waals surface area contributed by atoms with E-state index in [0.717, 1.165) is 58.5 Å². The van der Waals surface area contributed by atoms with Gasteiger partial charge in [0.2, 0.25) is 0 Å². The van der Waals surface area contributed by atoms with Crippen molar-refractivity contribution in [3.05, 3.63) is 0 Å². The van der Waals surface area contributed by atoms with Crippen LogP contribution >= 0.6 is 0 Å². The first kappa shape index (κ1) is 16.4. The van der Waals surface area contributed by atoms with Crippen molar-refractivity contribution < 1.29 is 4.74 Å². The molecule has 1 aliphatic heterocycles. The molecule has 1 N–H and O–H groups in total. The first-order valence-corrected chi connectivity index (χ1v) is 7.66. The molecule has 4 heteroatoms. The standard InChI is InChI=1S/C15H29N3O/c1-4-15(13-16,17-5-2)8-6-9-18-10-7-11-19-14(3)12-18/h14,17H,4-12H2,1-3H3. The minimum atomic E-state index is -0.331. The van der Waals surface area contributed by atoms with Gasteiger partial charge in [-0.2, -0.15) is 5.26 Å². The highest BCUT2D eigenvalue weighted by atomic mass is 16.5. The summed E-state index contributed by atoms with van der Waals surface area (Å²) in [6.07, 6.45) is 4.33. The molecule has 2 atom stereocenters. The van der Waals surface area contributed by atoms with E-state index in [9.17, 15) is 5.26 Å². The fraction of sp³-hybridized carbons (Fsp3) is 0.933. The van der Waals surface area contributed by atoms with E-state index in [-0.39, 0.29) is 5.54 Å². The van der Waals surface area contributed by atoms with Crippen LogP contribution in [0.25, 0.3) is 0 Å². The zero-order valence-corrected chi connectivity index (χ0v) is 12.7. The Morgan fingerprint density at radius 3 is 2.89 bits per heavy atom. The lowest BCUT2D eigenvalue weighted by atomic mass is 9.92. The molecule has 1 rings (SSSR count). The summed E-state index contributed by atoms with van der Waals surface area (Å²) in [7, 11) is 0. The van der Waals surface area contributed by atoms with Crippen LogP contribution in [0, 0.1) is 11.3 Å². The molecule has 1 fully saturated rings. The molecule has 0 aromatic carbocycles. The molecular weight excluding hydrogens is 238 g/mol. The molecule has 1 saturated heterocycles. The lowest BCUT2D eigenvalue weighted by Crippen LogP contribution is -2.44. The quantitative estimate of drug-likeness (QED) is 0.768. The number of nitriles is 1. The third-order valence-corrected chi connectivity index (χ3v) is 3.95. The van der Waals surface area contributed by atoms with E-state index in [2.05, 4.69) is 37.1 Å². The van der Waals surface area contributed by atoms with E-state index in [1.165, 1.54) is 0 Å². The average Bonchev–Trinajstić information content (AvgIpc) is 2.62. The molecule has 1 heterocycles. The number of nitrogens with one attached hydrogen (secondary N) is 1. The highest BCUT2D eigenvalue weighted by molar-refractivity contribution is 5.06. The summed E-state index contributed by atoms with van der Waals surface area (Å²) in [5.41, 5.74) is -0.331. The maximum Gasteiger partial charge on any atom is 0.106 e. The molecule has 0 radical (unpaired) electrons. The Labute approximate surface area is 118 Å². The van der Waals surface area contributed by atoms with Crippen LogP contribution in [-0.4, -0.2) is 49.3 Å². The van der Waals surface area contributed by atoms with Gasteiger partial charge in [0.25, 0.3) is 0 Å². The molecule has 0 bridgehead atoms. The Hall–Kier alpha value is -0.630. The molecular formula is C15H29N3O. The van der Waals surface area contributed by atoms with Crippen LogP contribution in [0.2, 0.25) is 0 Å². The molecule has 0 amide bonds. The highest BCUT2D eigenvalue weighted by Crippen LogP contribution is 2.17. The zero-order chi connectivity index (χ0) is 14.1. The van der Waals surface area contributed by atoms with Crippen molar-refractivity contribution in [3.63, 3.8) is 0 Å². The summed E-state index contributed by atoms with van der Waals surface area (Å²) in [4.78, 5) is 2.47. The Kier molecular flexibility index (Phi) is 7.37. The molecule has 0 aromatic rings. The van der Waals surface area contributed by atoms with E-state index in [4.69, 9.17) is 4.74 Å². The van der Waals surface area contributed by atoms with E-state index in [1.807, 2.05) is 0 Å². The van der Waals surface area contributed by atoms with Crippen molar-refractivity contribution in [2.75, 3.05) is 32.8 Å². The summed E-state index contributed by atoms with van der Waals surface area (Å²) in [5, 5.41) is 12.7. The van der Waals surface area contributed by atoms with Crippen LogP contribution in [0.15, 0.2) is 0 Å². The van der Waals surface area contributed by atoms with Crippen molar-refractivity contribution in [3.8, 4) is 6.07 Å². The summed E-state index contributed by atoms with van der Waals surface area (Å²) in [6.45, 7) is 11.3. The van der Waals surface area contributed by atoms with E-state index in [1.54, 1.807) is 0 Å². The average molecular weight is 267 g/mol. The normalized spacial score (nSPS) is 24.4. The first-order chi connectivity index (χ1) is 9.15. The molecule has 110 valence electrons. The molecule has 19 heavy (non-hydrogen) atoms. The molecule has 0 aliphatic carbocycles. The number of hydrogen-bond donors (Lipinski definition) is 1. The third-order valence-electron chi connectivity index (χ3n) is 3.95. The Morgan fingerprint density at radius 1 is 1.47 bits per heavy atom. The fourth-order valence-corrected chi connectivity index (χ4v) is 2.79. The fourth-order valence-electron chi connectivity index (χ4n) is 2.79. The third kappa shape index (κ3) is 5.48. The van der Waals surface area contributed by atoms with Crippen molar-refractivity contribution >= 4 is 0 Å². The SMILES string of the molecule is CCNC(C#N)(CC)CCCN1CCCOC(C)C1. The summed E-state index contributed by atoms with van der Waals surface area (Å²) in [5.74, 6) is 0. The Bertz CT molecular complexity index is 290. The lowest BCUT2D eigenvalue weighted by molar-refractivity contribution is 0.0673. The smallest absolute Gasteiger partial charge is 0.106 e.